The monoisotopic (exact) mass is 504 g/mol. The van der Waals surface area contributed by atoms with Crippen LogP contribution in [0.4, 0.5) is 10.2 Å². The number of aryl methyl sites for hydroxylation is 1. The van der Waals surface area contributed by atoms with E-state index in [0.717, 1.165) is 57.4 Å². The molecule has 6 heterocycles. The van der Waals surface area contributed by atoms with E-state index in [1.807, 2.05) is 6.92 Å². The smallest absolute Gasteiger partial charge is 0.319 e. The molecule has 4 aliphatic heterocycles. The Morgan fingerprint density at radius 1 is 1.14 bits per heavy atom. The predicted molar refractivity (Wildman–Crippen MR) is 140 cm³/mol. The number of piperazine rings is 1. The topological polar surface area (TPSA) is 86.6 Å². The number of anilines is 1. The van der Waals surface area contributed by atoms with E-state index < -0.39 is 5.82 Å². The van der Waals surface area contributed by atoms with Crippen LogP contribution in [0.2, 0.25) is 0 Å². The fourth-order valence-corrected chi connectivity index (χ4v) is 7.01. The summed E-state index contributed by atoms with van der Waals surface area (Å²) in [5, 5.41) is 14.3. The quantitative estimate of drug-likeness (QED) is 0.543. The second kappa shape index (κ2) is 8.77. The molecule has 0 radical (unpaired) electrons. The normalized spacial score (nSPS) is 24.6. The summed E-state index contributed by atoms with van der Waals surface area (Å²) in [6.45, 7) is 6.26. The molecule has 37 heavy (non-hydrogen) atoms. The van der Waals surface area contributed by atoms with Crippen molar-refractivity contribution in [2.45, 2.75) is 63.1 Å². The Morgan fingerprint density at radius 3 is 2.65 bits per heavy atom. The van der Waals surface area contributed by atoms with Crippen molar-refractivity contribution in [3.63, 3.8) is 0 Å². The summed E-state index contributed by atoms with van der Waals surface area (Å²) in [5.74, 6) is 0.248. The Hall–Kier alpha value is -3.04. The van der Waals surface area contributed by atoms with E-state index >= 15 is 4.39 Å². The molecule has 4 saturated heterocycles. The molecule has 2 N–H and O–H groups in total. The first kappa shape index (κ1) is 23.1. The summed E-state index contributed by atoms with van der Waals surface area (Å²) in [6, 6.07) is 5.95. The minimum Gasteiger partial charge on any atom is -0.508 e. The van der Waals surface area contributed by atoms with Gasteiger partial charge in [0.1, 0.15) is 29.4 Å². The number of aromatic nitrogens is 3. The highest BCUT2D eigenvalue weighted by Crippen LogP contribution is 2.40. The Bertz CT molecular complexity index is 1340. The molecule has 4 fully saturated rings. The van der Waals surface area contributed by atoms with Crippen molar-refractivity contribution in [2.24, 2.45) is 0 Å². The average Bonchev–Trinajstić information content (AvgIpc) is 3.58. The first-order valence-electron chi connectivity index (χ1n) is 13.5. The highest BCUT2D eigenvalue weighted by atomic mass is 19.1. The van der Waals surface area contributed by atoms with Gasteiger partial charge >= 0.3 is 6.01 Å². The molecule has 0 spiro atoms. The zero-order valence-electron chi connectivity index (χ0n) is 21.2. The Kier molecular flexibility index (Phi) is 5.48. The summed E-state index contributed by atoms with van der Waals surface area (Å²) < 4.78 is 22.5. The number of phenolic OH excluding ortho intramolecular Hbond substituents is 1. The number of hydrogen-bond acceptors (Lipinski definition) is 8. The van der Waals surface area contributed by atoms with Crippen LogP contribution < -0.4 is 15.0 Å². The zero-order chi connectivity index (χ0) is 25.1. The average molecular weight is 505 g/mol. The van der Waals surface area contributed by atoms with Crippen LogP contribution in [0, 0.1) is 12.7 Å². The van der Waals surface area contributed by atoms with Gasteiger partial charge in [0.2, 0.25) is 0 Å². The molecule has 2 aromatic heterocycles. The molecule has 4 aliphatic rings. The molecule has 2 unspecified atom stereocenters. The van der Waals surface area contributed by atoms with E-state index in [2.05, 4.69) is 25.1 Å². The van der Waals surface area contributed by atoms with Crippen LogP contribution in [0.3, 0.4) is 0 Å². The molecule has 0 aliphatic carbocycles. The van der Waals surface area contributed by atoms with Crippen LogP contribution in [0.15, 0.2) is 24.4 Å². The molecule has 1 aromatic carbocycles. The SMILES string of the molecule is Cc1ccc(O)cc1-c1ncc2c(N3CC4CCC(C3)N4)nc(OCC34CCCN3CCC4)nc2c1F. The van der Waals surface area contributed by atoms with Crippen LogP contribution in [0.25, 0.3) is 22.2 Å². The van der Waals surface area contributed by atoms with E-state index in [9.17, 15) is 5.11 Å². The number of aromatic hydroxyl groups is 1. The van der Waals surface area contributed by atoms with Gasteiger partial charge in [-0.25, -0.2) is 4.39 Å². The molecule has 2 atom stereocenters. The number of rotatable bonds is 5. The fourth-order valence-electron chi connectivity index (χ4n) is 7.01. The molecule has 0 amide bonds. The third-order valence-electron chi connectivity index (χ3n) is 8.92. The molecule has 3 aromatic rings. The number of halogens is 1. The van der Waals surface area contributed by atoms with Gasteiger partial charge in [-0.2, -0.15) is 9.97 Å². The van der Waals surface area contributed by atoms with Crippen molar-refractivity contribution in [1.82, 2.24) is 25.2 Å². The third-order valence-corrected chi connectivity index (χ3v) is 8.92. The second-order valence-corrected chi connectivity index (χ2v) is 11.3. The van der Waals surface area contributed by atoms with Crippen LogP contribution in [-0.2, 0) is 0 Å². The Labute approximate surface area is 215 Å². The van der Waals surface area contributed by atoms with E-state index in [4.69, 9.17) is 9.72 Å². The molecule has 194 valence electrons. The van der Waals surface area contributed by atoms with Crippen LogP contribution in [0.1, 0.15) is 44.1 Å². The number of nitrogens with one attached hydrogen (secondary N) is 1. The van der Waals surface area contributed by atoms with Crippen molar-refractivity contribution in [3.05, 3.63) is 35.8 Å². The summed E-state index contributed by atoms with van der Waals surface area (Å²) >= 11 is 0. The minimum absolute atomic E-state index is 0.0489. The molecule has 0 saturated carbocycles. The van der Waals surface area contributed by atoms with Crippen LogP contribution in [-0.4, -0.2) is 75.4 Å². The number of nitrogens with zero attached hydrogens (tertiary/aromatic N) is 5. The lowest BCUT2D eigenvalue weighted by Gasteiger charge is -2.34. The lowest BCUT2D eigenvalue weighted by atomic mass is 9.95. The number of phenols is 1. The maximum atomic E-state index is 16.2. The van der Waals surface area contributed by atoms with Gasteiger partial charge in [-0.3, -0.25) is 9.88 Å². The number of hydrogen-bond donors (Lipinski definition) is 2. The number of ether oxygens (including phenoxy) is 1. The van der Waals surface area contributed by atoms with E-state index in [-0.39, 0.29) is 28.5 Å². The molecular formula is C28H33FN6O2. The second-order valence-electron chi connectivity index (χ2n) is 11.3. The van der Waals surface area contributed by atoms with E-state index in [1.54, 1.807) is 24.4 Å². The van der Waals surface area contributed by atoms with Crippen molar-refractivity contribution in [1.29, 1.82) is 0 Å². The van der Waals surface area contributed by atoms with E-state index in [0.29, 0.717) is 35.5 Å². The molecule has 8 nitrogen and oxygen atoms in total. The first-order valence-corrected chi connectivity index (χ1v) is 13.5. The summed E-state index contributed by atoms with van der Waals surface area (Å²) in [5.41, 5.74) is 1.81. The lowest BCUT2D eigenvalue weighted by molar-refractivity contribution is 0.108. The highest BCUT2D eigenvalue weighted by molar-refractivity contribution is 5.92. The molecule has 7 rings (SSSR count). The first-order chi connectivity index (χ1) is 18.0. The van der Waals surface area contributed by atoms with Crippen LogP contribution >= 0.6 is 0 Å². The van der Waals surface area contributed by atoms with Gasteiger partial charge in [-0.1, -0.05) is 6.07 Å². The highest BCUT2D eigenvalue weighted by Gasteiger charge is 2.45. The molecule has 9 heteroatoms. The summed E-state index contributed by atoms with van der Waals surface area (Å²) in [7, 11) is 0. The minimum atomic E-state index is -0.515. The standard InChI is InChI=1S/C28H33FN6O2/c1-17-4-7-20(36)12-21(17)24-23(29)25-22(13-30-24)26(34-14-18-5-6-19(15-34)31-18)33-27(32-25)37-16-28-8-2-10-35(28)11-3-9-28/h4,7,12-13,18-19,31,36H,2-3,5-6,8-11,14-16H2,1H3. The fraction of sp³-hybridized carbons (Fsp3) is 0.536. The Morgan fingerprint density at radius 2 is 1.89 bits per heavy atom. The van der Waals surface area contributed by atoms with Gasteiger partial charge in [0.05, 0.1) is 10.9 Å². The number of fused-ring (bicyclic) bond motifs is 4. The van der Waals surface area contributed by atoms with Crippen molar-refractivity contribution >= 4 is 16.7 Å². The van der Waals surface area contributed by atoms with Gasteiger partial charge in [0, 0.05) is 36.9 Å². The van der Waals surface area contributed by atoms with Crippen molar-refractivity contribution in [2.75, 3.05) is 37.7 Å². The van der Waals surface area contributed by atoms with Gasteiger partial charge in [0.15, 0.2) is 5.82 Å². The zero-order valence-corrected chi connectivity index (χ0v) is 21.2. The molecular weight excluding hydrogens is 471 g/mol. The van der Waals surface area contributed by atoms with Gasteiger partial charge in [0.25, 0.3) is 0 Å². The predicted octanol–water partition coefficient (Wildman–Crippen LogP) is 3.79. The van der Waals surface area contributed by atoms with Crippen molar-refractivity contribution < 1.29 is 14.2 Å². The Balaban J connectivity index is 1.32. The summed E-state index contributed by atoms with van der Waals surface area (Å²) in [4.78, 5) is 18.8. The van der Waals surface area contributed by atoms with Gasteiger partial charge in [-0.15, -0.1) is 0 Å². The summed E-state index contributed by atoms with van der Waals surface area (Å²) in [6.07, 6.45) is 8.56. The lowest BCUT2D eigenvalue weighted by Crippen LogP contribution is -2.51. The number of benzene rings is 1. The van der Waals surface area contributed by atoms with E-state index in [1.165, 1.54) is 12.8 Å². The van der Waals surface area contributed by atoms with Crippen molar-refractivity contribution in [3.8, 4) is 23.0 Å². The van der Waals surface area contributed by atoms with Gasteiger partial charge in [-0.05, 0) is 76.2 Å². The maximum Gasteiger partial charge on any atom is 0.319 e. The van der Waals surface area contributed by atoms with Crippen LogP contribution in [0.5, 0.6) is 11.8 Å². The number of pyridine rings is 1. The molecule has 2 bridgehead atoms. The van der Waals surface area contributed by atoms with Gasteiger partial charge < -0.3 is 20.1 Å². The largest absolute Gasteiger partial charge is 0.508 e. The maximum absolute atomic E-state index is 16.2. The third kappa shape index (κ3) is 3.90.